The molecule has 166 valence electrons. The second-order valence-electron chi connectivity index (χ2n) is 8.55. The van der Waals surface area contributed by atoms with Crippen LogP contribution in [0.5, 0.6) is 0 Å². The molecule has 2 saturated carbocycles. The summed E-state index contributed by atoms with van der Waals surface area (Å²) in [6.45, 7) is 0.603. The molecule has 3 rings (SSSR count). The van der Waals surface area contributed by atoms with Crippen molar-refractivity contribution in [3.8, 4) is 6.07 Å². The predicted octanol–water partition coefficient (Wildman–Crippen LogP) is 3.76. The molecule has 0 unspecified atom stereocenters. The number of nitriles is 1. The molecule has 2 aliphatic carbocycles. The third-order valence-electron chi connectivity index (χ3n) is 5.69. The van der Waals surface area contributed by atoms with Crippen LogP contribution in [0.2, 0.25) is 0 Å². The number of alkyl halides is 3. The predicted molar refractivity (Wildman–Crippen MR) is 105 cm³/mol. The van der Waals surface area contributed by atoms with E-state index < -0.39 is 18.4 Å². The van der Waals surface area contributed by atoms with E-state index in [0.717, 1.165) is 19.3 Å². The van der Waals surface area contributed by atoms with Crippen LogP contribution in [0, 0.1) is 11.3 Å². The smallest absolute Gasteiger partial charge is 0.390 e. The van der Waals surface area contributed by atoms with Gasteiger partial charge >= 0.3 is 6.18 Å². The van der Waals surface area contributed by atoms with E-state index in [4.69, 9.17) is 4.74 Å². The number of nitrogens with zero attached hydrogens (tertiary/aromatic N) is 3. The Balaban J connectivity index is 1.56. The molecule has 0 radical (unpaired) electrons. The number of hydrogen-bond acceptors (Lipinski definition) is 7. The topological polar surface area (TPSA) is 103 Å². The molecule has 2 aliphatic rings. The van der Waals surface area contributed by atoms with E-state index in [1.807, 2.05) is 6.92 Å². The van der Waals surface area contributed by atoms with E-state index in [1.54, 1.807) is 0 Å². The van der Waals surface area contributed by atoms with Gasteiger partial charge in [-0.3, -0.25) is 0 Å². The summed E-state index contributed by atoms with van der Waals surface area (Å²) in [6, 6.07) is 2.14. The van der Waals surface area contributed by atoms with Gasteiger partial charge in [0.1, 0.15) is 24.1 Å². The lowest BCUT2D eigenvalue weighted by Gasteiger charge is -2.34. The number of hydrogen-bond donors (Lipinski definition) is 3. The molecule has 0 aromatic carbocycles. The Morgan fingerprint density at radius 1 is 1.23 bits per heavy atom. The van der Waals surface area contributed by atoms with Crippen molar-refractivity contribution in [1.82, 2.24) is 9.97 Å². The zero-order chi connectivity index (χ0) is 21.8. The second kappa shape index (κ2) is 9.35. The van der Waals surface area contributed by atoms with Crippen LogP contribution in [0.15, 0.2) is 6.20 Å². The Hall–Kier alpha value is -2.12. The largest absolute Gasteiger partial charge is 0.411 e. The van der Waals surface area contributed by atoms with Crippen LogP contribution >= 0.6 is 0 Å². The number of ether oxygens (including phenoxy) is 1. The van der Waals surface area contributed by atoms with Crippen LogP contribution in [-0.2, 0) is 4.74 Å². The highest BCUT2D eigenvalue weighted by Crippen LogP contribution is 2.30. The highest BCUT2D eigenvalue weighted by Gasteiger charge is 2.32. The van der Waals surface area contributed by atoms with E-state index in [-0.39, 0.29) is 18.2 Å². The summed E-state index contributed by atoms with van der Waals surface area (Å²) in [6.07, 6.45) is 2.24. The first kappa shape index (κ1) is 22.6. The van der Waals surface area contributed by atoms with Crippen molar-refractivity contribution < 1.29 is 23.0 Å². The molecule has 1 heterocycles. The van der Waals surface area contributed by atoms with Gasteiger partial charge in [0.25, 0.3) is 0 Å². The van der Waals surface area contributed by atoms with E-state index >= 15 is 0 Å². The first-order valence-electron chi connectivity index (χ1n) is 10.3. The standard InChI is InChI=1S/C20H28F3N5O2/c1-19(29)8-2-3-15(9-19)26-17-13(10-24)11-25-18(28-17)27-14-4-6-16(7-5-14)30-12-20(21,22)23/h11,14-16,29H,2-9,12H2,1H3,(H2,25,26,27,28)/t14?,15-,16?,19+/m1/s1. The van der Waals surface area contributed by atoms with Crippen molar-refractivity contribution in [2.24, 2.45) is 0 Å². The zero-order valence-corrected chi connectivity index (χ0v) is 17.0. The van der Waals surface area contributed by atoms with Gasteiger partial charge in [-0.25, -0.2) is 4.98 Å². The van der Waals surface area contributed by atoms with Gasteiger partial charge in [0.15, 0.2) is 0 Å². The molecule has 30 heavy (non-hydrogen) atoms. The van der Waals surface area contributed by atoms with Crippen molar-refractivity contribution in [2.45, 2.75) is 88.3 Å². The van der Waals surface area contributed by atoms with Gasteiger partial charge < -0.3 is 20.5 Å². The fraction of sp³-hybridized carbons (Fsp3) is 0.750. The third-order valence-corrected chi connectivity index (χ3v) is 5.69. The number of anilines is 2. The summed E-state index contributed by atoms with van der Waals surface area (Å²) in [5, 5.41) is 26.2. The molecule has 0 spiro atoms. The quantitative estimate of drug-likeness (QED) is 0.635. The molecule has 0 aliphatic heterocycles. The average Bonchev–Trinajstić information content (AvgIpc) is 2.66. The lowest BCUT2D eigenvalue weighted by atomic mass is 9.83. The Labute approximate surface area is 174 Å². The van der Waals surface area contributed by atoms with Gasteiger partial charge in [-0.2, -0.15) is 23.4 Å². The van der Waals surface area contributed by atoms with Crippen LogP contribution in [0.1, 0.15) is 63.9 Å². The molecule has 1 aromatic rings. The van der Waals surface area contributed by atoms with Gasteiger partial charge in [-0.15, -0.1) is 0 Å². The highest BCUT2D eigenvalue weighted by molar-refractivity contribution is 5.54. The van der Waals surface area contributed by atoms with Gasteiger partial charge in [0.05, 0.1) is 17.9 Å². The molecule has 10 heteroatoms. The third kappa shape index (κ3) is 6.71. The van der Waals surface area contributed by atoms with Crippen LogP contribution in [0.25, 0.3) is 0 Å². The second-order valence-corrected chi connectivity index (χ2v) is 8.55. The van der Waals surface area contributed by atoms with Crippen molar-refractivity contribution in [1.29, 1.82) is 5.26 Å². The highest BCUT2D eigenvalue weighted by atomic mass is 19.4. The minimum atomic E-state index is -4.30. The van der Waals surface area contributed by atoms with Gasteiger partial charge in [0.2, 0.25) is 5.95 Å². The zero-order valence-electron chi connectivity index (χ0n) is 17.0. The van der Waals surface area contributed by atoms with Crippen LogP contribution in [0.3, 0.4) is 0 Å². The number of nitrogens with one attached hydrogen (secondary N) is 2. The molecular weight excluding hydrogens is 399 g/mol. The van der Waals surface area contributed by atoms with Crippen LogP contribution < -0.4 is 10.6 Å². The lowest BCUT2D eigenvalue weighted by Crippen LogP contribution is -2.38. The molecule has 0 amide bonds. The molecule has 1 aromatic heterocycles. The first-order valence-corrected chi connectivity index (χ1v) is 10.3. The Kier molecular flexibility index (Phi) is 7.03. The summed E-state index contributed by atoms with van der Waals surface area (Å²) in [5.74, 6) is 0.804. The van der Waals surface area contributed by atoms with E-state index in [2.05, 4.69) is 26.7 Å². The normalized spacial score (nSPS) is 29.8. The maximum Gasteiger partial charge on any atom is 0.411 e. The molecule has 0 bridgehead atoms. The number of rotatable bonds is 6. The SMILES string of the molecule is C[C@]1(O)CCC[C@@H](Nc2nc(NC3CCC(OCC(F)(F)F)CC3)ncc2C#N)C1. The molecule has 2 atom stereocenters. The number of aliphatic hydroxyl groups is 1. The monoisotopic (exact) mass is 427 g/mol. The lowest BCUT2D eigenvalue weighted by molar-refractivity contribution is -0.187. The summed E-state index contributed by atoms with van der Waals surface area (Å²) < 4.78 is 41.8. The molecule has 3 N–H and O–H groups in total. The Morgan fingerprint density at radius 3 is 2.60 bits per heavy atom. The van der Waals surface area contributed by atoms with Crippen molar-refractivity contribution in [2.75, 3.05) is 17.2 Å². The maximum absolute atomic E-state index is 12.3. The number of aromatic nitrogens is 2. The van der Waals surface area contributed by atoms with Gasteiger partial charge in [0, 0.05) is 12.1 Å². The molecule has 0 saturated heterocycles. The van der Waals surface area contributed by atoms with E-state index in [9.17, 15) is 23.5 Å². The summed E-state index contributed by atoms with van der Waals surface area (Å²) >= 11 is 0. The van der Waals surface area contributed by atoms with Crippen molar-refractivity contribution in [3.05, 3.63) is 11.8 Å². The maximum atomic E-state index is 12.3. The minimum Gasteiger partial charge on any atom is -0.390 e. The summed E-state index contributed by atoms with van der Waals surface area (Å²) in [5.41, 5.74) is -0.404. The first-order chi connectivity index (χ1) is 14.1. The minimum absolute atomic E-state index is 0.0184. The van der Waals surface area contributed by atoms with E-state index in [0.29, 0.717) is 49.4 Å². The van der Waals surface area contributed by atoms with Crippen LogP contribution in [0.4, 0.5) is 24.9 Å². The van der Waals surface area contributed by atoms with Gasteiger partial charge in [-0.1, -0.05) is 0 Å². The molecular formula is C20H28F3N5O2. The molecule has 2 fully saturated rings. The Morgan fingerprint density at radius 2 is 1.97 bits per heavy atom. The fourth-order valence-electron chi connectivity index (χ4n) is 4.19. The van der Waals surface area contributed by atoms with Crippen LogP contribution in [-0.4, -0.2) is 51.6 Å². The van der Waals surface area contributed by atoms with Gasteiger partial charge in [-0.05, 0) is 58.3 Å². The van der Waals surface area contributed by atoms with Crippen molar-refractivity contribution >= 4 is 11.8 Å². The number of halogens is 3. The summed E-state index contributed by atoms with van der Waals surface area (Å²) in [4.78, 5) is 8.65. The molecule has 7 nitrogen and oxygen atoms in total. The fourth-order valence-corrected chi connectivity index (χ4v) is 4.19. The Bertz CT molecular complexity index is 758. The summed E-state index contributed by atoms with van der Waals surface area (Å²) in [7, 11) is 0. The van der Waals surface area contributed by atoms with Crippen molar-refractivity contribution in [3.63, 3.8) is 0 Å². The average molecular weight is 427 g/mol. The van der Waals surface area contributed by atoms with E-state index in [1.165, 1.54) is 6.20 Å².